The van der Waals surface area contributed by atoms with E-state index in [1.807, 2.05) is 4.72 Å². The first kappa shape index (κ1) is 13.0. The zero-order chi connectivity index (χ0) is 12.3. The highest BCUT2D eigenvalue weighted by Crippen LogP contribution is 2.25. The third kappa shape index (κ3) is 3.51. The molecule has 1 atom stereocenters. The molecule has 0 aromatic rings. The summed E-state index contributed by atoms with van der Waals surface area (Å²) in [7, 11) is -3.79. The number of hydrogen-bond donors (Lipinski definition) is 3. The van der Waals surface area contributed by atoms with Gasteiger partial charge in [0.2, 0.25) is 5.91 Å². The Morgan fingerprint density at radius 3 is 2.56 bits per heavy atom. The van der Waals surface area contributed by atoms with E-state index in [4.69, 9.17) is 0 Å². The summed E-state index contributed by atoms with van der Waals surface area (Å²) in [6.07, 6.45) is 1.26. The number of carbonyl (C=O) groups is 2. The Morgan fingerprint density at radius 2 is 2.06 bits per heavy atom. The van der Waals surface area contributed by atoms with Gasteiger partial charge in [0.25, 0.3) is 10.0 Å². The molecular weight excluding hydrogens is 254 g/mol. The standard InChI is InChI=1S/C7H11N3O4S2/c1-4(11)3-6-8-9-7(15-6)16(13,14)10-5(2)12/h3,7-9H,1-2H3,(H,10,12)/b6-3+. The summed E-state index contributed by atoms with van der Waals surface area (Å²) in [5.74, 6) is -0.860. The lowest BCUT2D eigenvalue weighted by atomic mass is 10.4. The highest BCUT2D eigenvalue weighted by molar-refractivity contribution is 8.15. The molecule has 0 saturated carbocycles. The summed E-state index contributed by atoms with van der Waals surface area (Å²) in [5, 5.41) is 0.395. The first-order valence-electron chi connectivity index (χ1n) is 4.24. The summed E-state index contributed by atoms with van der Waals surface area (Å²) < 4.78 is 23.8. The van der Waals surface area contributed by atoms with Crippen molar-refractivity contribution in [2.75, 3.05) is 0 Å². The molecule has 9 heteroatoms. The summed E-state index contributed by atoms with van der Waals surface area (Å²) in [6, 6.07) is 0. The fourth-order valence-electron chi connectivity index (χ4n) is 0.954. The first-order valence-corrected chi connectivity index (χ1v) is 6.66. The lowest BCUT2D eigenvalue weighted by molar-refractivity contribution is -0.117. The molecule has 0 spiro atoms. The number of carbonyl (C=O) groups excluding carboxylic acids is 2. The highest BCUT2D eigenvalue weighted by atomic mass is 32.3. The molecule has 1 fully saturated rings. The van der Waals surface area contributed by atoms with E-state index in [-0.39, 0.29) is 5.78 Å². The third-order valence-electron chi connectivity index (χ3n) is 1.45. The van der Waals surface area contributed by atoms with Gasteiger partial charge in [-0.25, -0.2) is 13.8 Å². The van der Waals surface area contributed by atoms with Crippen LogP contribution in [0.25, 0.3) is 0 Å². The Labute approximate surface area is 97.1 Å². The number of amides is 1. The van der Waals surface area contributed by atoms with Gasteiger partial charge in [0.05, 0.1) is 5.03 Å². The maximum absolute atomic E-state index is 11.5. The van der Waals surface area contributed by atoms with Crippen LogP contribution in [0.3, 0.4) is 0 Å². The second-order valence-electron chi connectivity index (χ2n) is 3.04. The maximum atomic E-state index is 11.5. The van der Waals surface area contributed by atoms with E-state index in [1.54, 1.807) is 0 Å². The zero-order valence-electron chi connectivity index (χ0n) is 8.60. The molecule has 1 unspecified atom stereocenters. The number of hydrogen-bond acceptors (Lipinski definition) is 7. The van der Waals surface area contributed by atoms with Gasteiger partial charge < -0.3 is 5.43 Å². The molecule has 1 aliphatic rings. The van der Waals surface area contributed by atoms with Crippen molar-refractivity contribution in [3.05, 3.63) is 11.1 Å². The van der Waals surface area contributed by atoms with E-state index in [0.717, 1.165) is 18.7 Å². The normalized spacial score (nSPS) is 22.9. The van der Waals surface area contributed by atoms with E-state index in [2.05, 4.69) is 10.9 Å². The molecule has 1 heterocycles. The van der Waals surface area contributed by atoms with Crippen molar-refractivity contribution in [3.8, 4) is 0 Å². The van der Waals surface area contributed by atoms with Gasteiger partial charge in [0, 0.05) is 13.0 Å². The minimum absolute atomic E-state index is 0.200. The van der Waals surface area contributed by atoms with Crippen LogP contribution >= 0.6 is 11.8 Å². The van der Waals surface area contributed by atoms with Crippen LogP contribution in [0.15, 0.2) is 11.1 Å². The summed E-state index contributed by atoms with van der Waals surface area (Å²) in [4.78, 5) is 21.4. The summed E-state index contributed by atoms with van der Waals surface area (Å²) in [6.45, 7) is 2.46. The third-order valence-corrected chi connectivity index (χ3v) is 4.56. The minimum atomic E-state index is -3.79. The average Bonchev–Trinajstić information content (AvgIpc) is 2.49. The topological polar surface area (TPSA) is 104 Å². The maximum Gasteiger partial charge on any atom is 0.262 e. The highest BCUT2D eigenvalue weighted by Gasteiger charge is 2.32. The molecule has 0 radical (unpaired) electrons. The van der Waals surface area contributed by atoms with Crippen molar-refractivity contribution >= 4 is 33.5 Å². The van der Waals surface area contributed by atoms with Crippen LogP contribution in [0.4, 0.5) is 0 Å². The number of hydrazine groups is 1. The van der Waals surface area contributed by atoms with Crippen molar-refractivity contribution in [2.24, 2.45) is 0 Å². The van der Waals surface area contributed by atoms with Crippen molar-refractivity contribution in [2.45, 2.75) is 18.6 Å². The molecule has 0 bridgehead atoms. The number of thioether (sulfide) groups is 1. The number of ketones is 1. The first-order chi connectivity index (χ1) is 7.31. The smallest absolute Gasteiger partial charge is 0.262 e. The van der Waals surface area contributed by atoms with E-state index in [9.17, 15) is 18.0 Å². The molecule has 1 saturated heterocycles. The fraction of sp³-hybridized carbons (Fsp3) is 0.429. The van der Waals surface area contributed by atoms with E-state index >= 15 is 0 Å². The van der Waals surface area contributed by atoms with Gasteiger partial charge in [-0.2, -0.15) is 0 Å². The van der Waals surface area contributed by atoms with Gasteiger partial charge in [-0.15, -0.1) is 0 Å². The van der Waals surface area contributed by atoms with Crippen LogP contribution in [0.5, 0.6) is 0 Å². The van der Waals surface area contributed by atoms with Gasteiger partial charge in [0.15, 0.2) is 10.5 Å². The zero-order valence-corrected chi connectivity index (χ0v) is 10.2. The van der Waals surface area contributed by atoms with Crippen LogP contribution in [-0.2, 0) is 19.6 Å². The lowest BCUT2D eigenvalue weighted by Crippen LogP contribution is -2.43. The van der Waals surface area contributed by atoms with Crippen molar-refractivity contribution < 1.29 is 18.0 Å². The van der Waals surface area contributed by atoms with Crippen molar-refractivity contribution in [1.82, 2.24) is 15.6 Å². The van der Waals surface area contributed by atoms with Crippen LogP contribution < -0.4 is 15.6 Å². The fourth-order valence-corrected chi connectivity index (χ4v) is 3.34. The Bertz CT molecular complexity index is 443. The van der Waals surface area contributed by atoms with Crippen LogP contribution in [0.2, 0.25) is 0 Å². The van der Waals surface area contributed by atoms with Gasteiger partial charge >= 0.3 is 0 Å². The lowest BCUT2D eigenvalue weighted by Gasteiger charge is -2.08. The number of sulfonamides is 1. The second kappa shape index (κ2) is 4.85. The molecule has 16 heavy (non-hydrogen) atoms. The average molecular weight is 265 g/mol. The Kier molecular flexibility index (Phi) is 3.94. The molecule has 0 aliphatic carbocycles. The van der Waals surface area contributed by atoms with Crippen LogP contribution in [0.1, 0.15) is 13.8 Å². The Morgan fingerprint density at radius 1 is 1.44 bits per heavy atom. The van der Waals surface area contributed by atoms with Crippen molar-refractivity contribution in [3.63, 3.8) is 0 Å². The van der Waals surface area contributed by atoms with Gasteiger partial charge in [-0.05, 0) is 6.92 Å². The number of nitrogens with one attached hydrogen (secondary N) is 3. The number of rotatable bonds is 3. The van der Waals surface area contributed by atoms with E-state index in [1.165, 1.54) is 13.0 Å². The van der Waals surface area contributed by atoms with Gasteiger partial charge in [-0.1, -0.05) is 11.8 Å². The Balaban J connectivity index is 2.73. The number of allylic oxidation sites excluding steroid dienone is 1. The van der Waals surface area contributed by atoms with Gasteiger partial charge in [0.1, 0.15) is 0 Å². The summed E-state index contributed by atoms with van der Waals surface area (Å²) >= 11 is 0.903. The molecule has 0 aromatic carbocycles. The predicted octanol–water partition coefficient (Wildman–Crippen LogP) is -0.993. The molecule has 1 rings (SSSR count). The molecule has 90 valence electrons. The molecule has 0 aromatic heterocycles. The summed E-state index contributed by atoms with van der Waals surface area (Å²) in [5.41, 5.74) is 4.99. The minimum Gasteiger partial charge on any atom is -0.314 e. The largest absolute Gasteiger partial charge is 0.314 e. The van der Waals surface area contributed by atoms with Crippen LogP contribution in [-0.4, -0.2) is 24.8 Å². The molecule has 3 N–H and O–H groups in total. The molecule has 7 nitrogen and oxygen atoms in total. The van der Waals surface area contributed by atoms with Gasteiger partial charge in [-0.3, -0.25) is 14.3 Å². The van der Waals surface area contributed by atoms with E-state index in [0.29, 0.717) is 5.03 Å². The molecular formula is C7H11N3O4S2. The SMILES string of the molecule is CC(=O)/C=C1\NNC(S(=O)(=O)NC(C)=O)S1. The van der Waals surface area contributed by atoms with Crippen LogP contribution in [0, 0.1) is 0 Å². The Hall–Kier alpha value is -1.06. The monoisotopic (exact) mass is 265 g/mol. The quantitative estimate of drug-likeness (QED) is 0.563. The predicted molar refractivity (Wildman–Crippen MR) is 59.2 cm³/mol. The van der Waals surface area contributed by atoms with E-state index < -0.39 is 20.6 Å². The molecule has 1 amide bonds. The second-order valence-corrected chi connectivity index (χ2v) is 6.25. The van der Waals surface area contributed by atoms with Crippen molar-refractivity contribution in [1.29, 1.82) is 0 Å². The molecule has 1 aliphatic heterocycles.